The quantitative estimate of drug-likeness (QED) is 0.592. The summed E-state index contributed by atoms with van der Waals surface area (Å²) in [7, 11) is 0. The van der Waals surface area contributed by atoms with Crippen LogP contribution in [0.2, 0.25) is 0 Å². The number of hydrogen-bond acceptors (Lipinski definition) is 8. The van der Waals surface area contributed by atoms with Crippen LogP contribution in [0.5, 0.6) is 0 Å². The molecule has 4 heterocycles. The van der Waals surface area contributed by atoms with E-state index in [-0.39, 0.29) is 5.76 Å². The van der Waals surface area contributed by atoms with E-state index in [0.29, 0.717) is 22.1 Å². The zero-order chi connectivity index (χ0) is 17.9. The Balaban J connectivity index is 1.57. The topological polar surface area (TPSA) is 107 Å². The second-order valence-electron chi connectivity index (χ2n) is 5.32. The molecule has 4 aromatic rings. The summed E-state index contributed by atoms with van der Waals surface area (Å²) in [6.45, 7) is 1.96. The first-order valence-electron chi connectivity index (χ1n) is 7.60. The Bertz CT molecular complexity index is 1060. The molecule has 1 N–H and O–H groups in total. The van der Waals surface area contributed by atoms with Gasteiger partial charge in [0.2, 0.25) is 5.76 Å². The van der Waals surface area contributed by atoms with Crippen molar-refractivity contribution in [1.29, 1.82) is 0 Å². The number of oxazole rings is 1. The molecule has 0 unspecified atom stereocenters. The molecule has 128 valence electrons. The van der Waals surface area contributed by atoms with Crippen LogP contribution in [-0.4, -0.2) is 30.8 Å². The third-order valence-electron chi connectivity index (χ3n) is 3.58. The van der Waals surface area contributed by atoms with Crippen LogP contribution in [0.15, 0.2) is 53.2 Å². The van der Waals surface area contributed by atoms with Gasteiger partial charge in [-0.3, -0.25) is 15.1 Å². The van der Waals surface area contributed by atoms with Gasteiger partial charge in [0.25, 0.3) is 5.91 Å². The Morgan fingerprint density at radius 2 is 2.04 bits per heavy atom. The number of thiazole rings is 1. The van der Waals surface area contributed by atoms with Gasteiger partial charge in [0.05, 0.1) is 5.69 Å². The Hall–Kier alpha value is -3.46. The first-order chi connectivity index (χ1) is 12.7. The average molecular weight is 364 g/mol. The molecule has 0 bridgehead atoms. The largest absolute Gasteiger partial charge is 0.438 e. The summed E-state index contributed by atoms with van der Waals surface area (Å²) < 4.78 is 5.25. The molecular formula is C17H12N6O2S. The molecule has 0 atom stereocenters. The molecule has 0 spiro atoms. The van der Waals surface area contributed by atoms with Crippen molar-refractivity contribution in [3.63, 3.8) is 0 Å². The van der Waals surface area contributed by atoms with Gasteiger partial charge >= 0.3 is 0 Å². The van der Waals surface area contributed by atoms with Crippen molar-refractivity contribution in [3.05, 3.63) is 60.1 Å². The number of hydrogen-bond donors (Lipinski definition) is 1. The van der Waals surface area contributed by atoms with Crippen LogP contribution in [0.25, 0.3) is 22.6 Å². The maximum atomic E-state index is 12.5. The van der Waals surface area contributed by atoms with Crippen molar-refractivity contribution in [2.24, 2.45) is 0 Å². The molecule has 0 radical (unpaired) electrons. The standard InChI is InChI=1S/C17H12N6O2S/c1-10-3-2-4-20-13(10)12-7-26-17(22-12)23-16(24)15-14(21-9-25-15)11-5-18-8-19-6-11/h2-9H,1H3,(H,22,23,24). The van der Waals surface area contributed by atoms with Crippen molar-refractivity contribution < 1.29 is 9.21 Å². The zero-order valence-corrected chi connectivity index (χ0v) is 14.4. The number of carbonyl (C=O) groups is 1. The van der Waals surface area contributed by atoms with Crippen LogP contribution in [0, 0.1) is 6.92 Å². The minimum atomic E-state index is -0.444. The average Bonchev–Trinajstić information content (AvgIpc) is 3.32. The van der Waals surface area contributed by atoms with Gasteiger partial charge < -0.3 is 4.42 Å². The van der Waals surface area contributed by atoms with Crippen molar-refractivity contribution >= 4 is 22.4 Å². The molecule has 26 heavy (non-hydrogen) atoms. The van der Waals surface area contributed by atoms with E-state index in [1.807, 2.05) is 24.4 Å². The van der Waals surface area contributed by atoms with Gasteiger partial charge in [-0.15, -0.1) is 11.3 Å². The second kappa shape index (κ2) is 6.81. The van der Waals surface area contributed by atoms with Gasteiger partial charge in [-0.2, -0.15) is 0 Å². The van der Waals surface area contributed by atoms with E-state index in [2.05, 4.69) is 30.2 Å². The maximum Gasteiger partial charge on any atom is 0.295 e. The summed E-state index contributed by atoms with van der Waals surface area (Å²) in [4.78, 5) is 33.2. The van der Waals surface area contributed by atoms with Crippen molar-refractivity contribution in [3.8, 4) is 22.6 Å². The summed E-state index contributed by atoms with van der Waals surface area (Å²) in [5, 5.41) is 5.02. The number of nitrogens with zero attached hydrogens (tertiary/aromatic N) is 5. The van der Waals surface area contributed by atoms with Gasteiger partial charge in [-0.25, -0.2) is 19.9 Å². The normalized spacial score (nSPS) is 10.7. The maximum absolute atomic E-state index is 12.5. The lowest BCUT2D eigenvalue weighted by Gasteiger charge is -2.01. The van der Waals surface area contributed by atoms with Gasteiger partial charge in [-0.1, -0.05) is 6.07 Å². The lowest BCUT2D eigenvalue weighted by Crippen LogP contribution is -2.12. The molecule has 0 aromatic carbocycles. The van der Waals surface area contributed by atoms with Crippen molar-refractivity contribution in [2.75, 3.05) is 5.32 Å². The summed E-state index contributed by atoms with van der Waals surface area (Å²) in [6.07, 6.45) is 7.45. The van der Waals surface area contributed by atoms with Crippen LogP contribution >= 0.6 is 11.3 Å². The van der Waals surface area contributed by atoms with Gasteiger partial charge in [0.1, 0.15) is 17.7 Å². The molecule has 0 saturated carbocycles. The predicted octanol–water partition coefficient (Wildman–Crippen LogP) is 3.21. The molecular weight excluding hydrogens is 352 g/mol. The smallest absolute Gasteiger partial charge is 0.295 e. The summed E-state index contributed by atoms with van der Waals surface area (Å²) in [5.74, 6) is -0.370. The zero-order valence-electron chi connectivity index (χ0n) is 13.6. The monoisotopic (exact) mass is 364 g/mol. The van der Waals surface area contributed by atoms with Crippen LogP contribution < -0.4 is 5.32 Å². The number of nitrogens with one attached hydrogen (secondary N) is 1. The molecule has 4 rings (SSSR count). The molecule has 0 aliphatic carbocycles. The SMILES string of the molecule is Cc1cccnc1-c1csc(NC(=O)c2ocnc2-c2cncnc2)n1. The number of pyridine rings is 1. The van der Waals surface area contributed by atoms with Crippen LogP contribution in [0.3, 0.4) is 0 Å². The number of carbonyl (C=O) groups excluding carboxylic acids is 1. The predicted molar refractivity (Wildman–Crippen MR) is 95.6 cm³/mol. The molecule has 1 amide bonds. The fourth-order valence-corrected chi connectivity index (χ4v) is 3.07. The minimum Gasteiger partial charge on any atom is -0.438 e. The molecule has 9 heteroatoms. The first kappa shape index (κ1) is 16.0. The Morgan fingerprint density at radius 3 is 2.85 bits per heavy atom. The Labute approximate surface area is 152 Å². The van der Waals surface area contributed by atoms with Gasteiger partial charge in [0.15, 0.2) is 11.5 Å². The third kappa shape index (κ3) is 3.07. The van der Waals surface area contributed by atoms with E-state index < -0.39 is 5.91 Å². The molecule has 4 aromatic heterocycles. The fraction of sp³-hybridized carbons (Fsp3) is 0.0588. The summed E-state index contributed by atoms with van der Waals surface area (Å²) >= 11 is 1.31. The van der Waals surface area contributed by atoms with Crippen LogP contribution in [0.1, 0.15) is 16.1 Å². The second-order valence-corrected chi connectivity index (χ2v) is 6.18. The molecule has 0 aliphatic rings. The summed E-state index contributed by atoms with van der Waals surface area (Å²) in [6, 6.07) is 3.83. The Morgan fingerprint density at radius 1 is 1.19 bits per heavy atom. The highest BCUT2D eigenvalue weighted by molar-refractivity contribution is 7.14. The first-order valence-corrected chi connectivity index (χ1v) is 8.48. The van der Waals surface area contributed by atoms with E-state index in [9.17, 15) is 4.79 Å². The summed E-state index contributed by atoms with van der Waals surface area (Å²) in [5.41, 5.74) is 3.47. The highest BCUT2D eigenvalue weighted by Gasteiger charge is 2.20. The van der Waals surface area contributed by atoms with Gasteiger partial charge in [0, 0.05) is 29.5 Å². The number of aromatic nitrogens is 5. The van der Waals surface area contributed by atoms with E-state index in [4.69, 9.17) is 4.42 Å². The van der Waals surface area contributed by atoms with Crippen LogP contribution in [-0.2, 0) is 0 Å². The minimum absolute atomic E-state index is 0.0746. The number of anilines is 1. The van der Waals surface area contributed by atoms with Crippen molar-refractivity contribution in [1.82, 2.24) is 24.9 Å². The van der Waals surface area contributed by atoms with E-state index in [1.54, 1.807) is 18.6 Å². The van der Waals surface area contributed by atoms with E-state index >= 15 is 0 Å². The van der Waals surface area contributed by atoms with E-state index in [0.717, 1.165) is 11.3 Å². The van der Waals surface area contributed by atoms with Crippen LogP contribution in [0.4, 0.5) is 5.13 Å². The lowest BCUT2D eigenvalue weighted by atomic mass is 10.2. The van der Waals surface area contributed by atoms with Crippen molar-refractivity contribution in [2.45, 2.75) is 6.92 Å². The molecule has 0 saturated heterocycles. The molecule has 0 fully saturated rings. The Kier molecular flexibility index (Phi) is 4.20. The molecule has 8 nitrogen and oxygen atoms in total. The highest BCUT2D eigenvalue weighted by Crippen LogP contribution is 2.27. The third-order valence-corrected chi connectivity index (χ3v) is 4.34. The van der Waals surface area contributed by atoms with Gasteiger partial charge in [-0.05, 0) is 18.6 Å². The van der Waals surface area contributed by atoms with E-state index in [1.165, 1.54) is 24.1 Å². The number of amides is 1. The number of rotatable bonds is 4. The highest BCUT2D eigenvalue weighted by atomic mass is 32.1. The number of aryl methyl sites for hydroxylation is 1. The lowest BCUT2D eigenvalue weighted by molar-refractivity contribution is 0.0997. The fourth-order valence-electron chi connectivity index (χ4n) is 2.38. The molecule has 0 aliphatic heterocycles.